The number of halogens is 2. The van der Waals surface area contributed by atoms with Crippen LogP contribution in [0.2, 0.25) is 0 Å². The van der Waals surface area contributed by atoms with Gasteiger partial charge in [0.15, 0.2) is 11.6 Å². The Morgan fingerprint density at radius 2 is 1.76 bits per heavy atom. The van der Waals surface area contributed by atoms with Crippen molar-refractivity contribution >= 4 is 6.21 Å². The number of hydrogen-bond donors (Lipinski definition) is 1. The molecule has 6 nitrogen and oxygen atoms in total. The number of nitrogens with zero attached hydrogens (tertiary/aromatic N) is 5. The second kappa shape index (κ2) is 8.44. The van der Waals surface area contributed by atoms with Crippen LogP contribution in [0, 0.1) is 11.6 Å². The molecule has 0 radical (unpaired) electrons. The lowest BCUT2D eigenvalue weighted by Crippen LogP contribution is -2.22. The zero-order valence-corrected chi connectivity index (χ0v) is 19.2. The standard InChI is InChI=1S/C26H24F2N6/c1-26(2,3)17-9-7-16(8-10-17)21-12-11-18(32-33-21)14-34-15-23-22(13-29-34)30-25(31-23)19-5-4-6-20(27)24(19)28/h4-13H,14-15H2,1-3H3,(H,30,31). The van der Waals surface area contributed by atoms with E-state index in [1.54, 1.807) is 11.2 Å². The molecule has 5 rings (SSSR count). The molecule has 1 aliphatic heterocycles. The van der Waals surface area contributed by atoms with Gasteiger partial charge in [-0.3, -0.25) is 5.01 Å². The Kier molecular flexibility index (Phi) is 5.43. The molecule has 2 aromatic carbocycles. The molecule has 0 fully saturated rings. The molecule has 0 unspecified atom stereocenters. The Balaban J connectivity index is 1.28. The number of hydrazone groups is 1. The molecule has 0 aliphatic carbocycles. The van der Waals surface area contributed by atoms with Crippen LogP contribution in [0.1, 0.15) is 43.4 Å². The highest BCUT2D eigenvalue weighted by molar-refractivity contribution is 5.80. The predicted molar refractivity (Wildman–Crippen MR) is 127 cm³/mol. The average molecular weight is 459 g/mol. The van der Waals surface area contributed by atoms with Crippen LogP contribution < -0.4 is 0 Å². The van der Waals surface area contributed by atoms with E-state index in [1.807, 2.05) is 12.1 Å². The van der Waals surface area contributed by atoms with Crippen molar-refractivity contribution in [1.82, 2.24) is 25.2 Å². The average Bonchev–Trinajstić information content (AvgIpc) is 3.24. The van der Waals surface area contributed by atoms with Crippen LogP contribution in [0.25, 0.3) is 22.6 Å². The summed E-state index contributed by atoms with van der Waals surface area (Å²) in [5, 5.41) is 15.0. The van der Waals surface area contributed by atoms with Crippen LogP contribution >= 0.6 is 0 Å². The molecule has 3 heterocycles. The van der Waals surface area contributed by atoms with Crippen molar-refractivity contribution in [3.8, 4) is 22.6 Å². The first kappa shape index (κ1) is 21.9. The van der Waals surface area contributed by atoms with E-state index < -0.39 is 11.6 Å². The maximum absolute atomic E-state index is 14.1. The topological polar surface area (TPSA) is 70.1 Å². The summed E-state index contributed by atoms with van der Waals surface area (Å²) in [4.78, 5) is 7.48. The van der Waals surface area contributed by atoms with E-state index in [9.17, 15) is 8.78 Å². The number of imidazole rings is 1. The van der Waals surface area contributed by atoms with E-state index in [0.29, 0.717) is 24.5 Å². The number of rotatable bonds is 4. The highest BCUT2D eigenvalue weighted by Gasteiger charge is 2.20. The van der Waals surface area contributed by atoms with Gasteiger partial charge in [0.2, 0.25) is 0 Å². The molecule has 1 aliphatic rings. The number of fused-ring (bicyclic) bond motifs is 1. The lowest BCUT2D eigenvalue weighted by Gasteiger charge is -2.20. The molecular weight excluding hydrogens is 434 g/mol. The number of aromatic nitrogens is 4. The lowest BCUT2D eigenvalue weighted by atomic mass is 9.86. The van der Waals surface area contributed by atoms with Gasteiger partial charge < -0.3 is 4.98 Å². The predicted octanol–water partition coefficient (Wildman–Crippen LogP) is 5.46. The summed E-state index contributed by atoms with van der Waals surface area (Å²) in [7, 11) is 0. The number of benzene rings is 2. The van der Waals surface area contributed by atoms with E-state index in [2.05, 4.69) is 70.3 Å². The number of aromatic amines is 1. The van der Waals surface area contributed by atoms with Crippen molar-refractivity contribution in [3.05, 3.63) is 88.9 Å². The SMILES string of the molecule is CC(C)(C)c1ccc(-c2ccc(CN3Cc4nc(-c5cccc(F)c5F)[nH]c4C=N3)nn2)cc1. The van der Waals surface area contributed by atoms with Crippen LogP contribution in [-0.4, -0.2) is 31.4 Å². The zero-order chi connectivity index (χ0) is 23.9. The monoisotopic (exact) mass is 458 g/mol. The van der Waals surface area contributed by atoms with Gasteiger partial charge in [-0.15, -0.1) is 0 Å². The molecule has 172 valence electrons. The minimum absolute atomic E-state index is 0.0892. The van der Waals surface area contributed by atoms with Crippen molar-refractivity contribution in [1.29, 1.82) is 0 Å². The van der Waals surface area contributed by atoms with Gasteiger partial charge in [-0.1, -0.05) is 51.1 Å². The quantitative estimate of drug-likeness (QED) is 0.441. The Morgan fingerprint density at radius 1 is 0.971 bits per heavy atom. The summed E-state index contributed by atoms with van der Waals surface area (Å²) in [6.07, 6.45) is 1.63. The Labute approximate surface area is 196 Å². The van der Waals surface area contributed by atoms with Gasteiger partial charge in [-0.2, -0.15) is 15.3 Å². The zero-order valence-electron chi connectivity index (χ0n) is 19.2. The molecule has 1 N–H and O–H groups in total. The van der Waals surface area contributed by atoms with Crippen molar-refractivity contribution in [2.75, 3.05) is 0 Å². The minimum atomic E-state index is -0.925. The first-order valence-electron chi connectivity index (χ1n) is 11.0. The van der Waals surface area contributed by atoms with Crippen LogP contribution in [-0.2, 0) is 18.5 Å². The summed E-state index contributed by atoms with van der Waals surface area (Å²) in [6, 6.07) is 16.3. The second-order valence-electron chi connectivity index (χ2n) is 9.35. The summed E-state index contributed by atoms with van der Waals surface area (Å²) in [5.41, 5.74) is 5.43. The highest BCUT2D eigenvalue weighted by Crippen LogP contribution is 2.26. The summed E-state index contributed by atoms with van der Waals surface area (Å²) >= 11 is 0. The molecule has 34 heavy (non-hydrogen) atoms. The molecule has 0 saturated carbocycles. The maximum Gasteiger partial charge on any atom is 0.169 e. The Hall–Kier alpha value is -3.94. The van der Waals surface area contributed by atoms with Gasteiger partial charge in [-0.05, 0) is 35.2 Å². The fraction of sp³-hybridized carbons (Fsp3) is 0.231. The molecule has 8 heteroatoms. The first-order chi connectivity index (χ1) is 16.3. The third-order valence-corrected chi connectivity index (χ3v) is 5.81. The lowest BCUT2D eigenvalue weighted by molar-refractivity contribution is 0.261. The fourth-order valence-electron chi connectivity index (χ4n) is 3.84. The van der Waals surface area contributed by atoms with E-state index in [1.165, 1.54) is 17.7 Å². The van der Waals surface area contributed by atoms with Gasteiger partial charge in [-0.25, -0.2) is 13.8 Å². The summed E-state index contributed by atoms with van der Waals surface area (Å²) < 4.78 is 27.7. The summed E-state index contributed by atoms with van der Waals surface area (Å²) in [5.74, 6) is -1.56. The van der Waals surface area contributed by atoms with Crippen LogP contribution in [0.3, 0.4) is 0 Å². The normalized spacial score (nSPS) is 13.3. The fourth-order valence-corrected chi connectivity index (χ4v) is 3.84. The van der Waals surface area contributed by atoms with Gasteiger partial charge in [0.1, 0.15) is 5.82 Å². The first-order valence-corrected chi connectivity index (χ1v) is 11.0. The minimum Gasteiger partial charge on any atom is -0.337 e. The van der Waals surface area contributed by atoms with E-state index in [0.717, 1.165) is 23.0 Å². The van der Waals surface area contributed by atoms with Gasteiger partial charge in [0.25, 0.3) is 0 Å². The van der Waals surface area contributed by atoms with E-state index in [4.69, 9.17) is 0 Å². The molecule has 0 atom stereocenters. The van der Waals surface area contributed by atoms with Gasteiger partial charge in [0, 0.05) is 5.56 Å². The smallest absolute Gasteiger partial charge is 0.169 e. The van der Waals surface area contributed by atoms with E-state index in [-0.39, 0.29) is 16.8 Å². The molecule has 0 spiro atoms. The largest absolute Gasteiger partial charge is 0.337 e. The van der Waals surface area contributed by atoms with Crippen molar-refractivity contribution in [2.24, 2.45) is 5.10 Å². The van der Waals surface area contributed by atoms with Crippen molar-refractivity contribution in [3.63, 3.8) is 0 Å². The number of H-pyrrole nitrogens is 1. The molecule has 0 amide bonds. The van der Waals surface area contributed by atoms with E-state index >= 15 is 0 Å². The van der Waals surface area contributed by atoms with Crippen molar-refractivity contribution < 1.29 is 8.78 Å². The molecular formula is C26H24F2N6. The van der Waals surface area contributed by atoms with Gasteiger partial charge >= 0.3 is 0 Å². The molecule has 2 aromatic heterocycles. The maximum atomic E-state index is 14.1. The van der Waals surface area contributed by atoms with Crippen LogP contribution in [0.4, 0.5) is 8.78 Å². The number of nitrogens with one attached hydrogen (secondary N) is 1. The van der Waals surface area contributed by atoms with Crippen LogP contribution in [0.5, 0.6) is 0 Å². The third kappa shape index (κ3) is 4.31. The summed E-state index contributed by atoms with van der Waals surface area (Å²) in [6.45, 7) is 7.42. The highest BCUT2D eigenvalue weighted by atomic mass is 19.2. The number of hydrogen-bond acceptors (Lipinski definition) is 5. The molecule has 0 bridgehead atoms. The second-order valence-corrected chi connectivity index (χ2v) is 9.35. The van der Waals surface area contributed by atoms with Gasteiger partial charge in [0.05, 0.1) is 47.6 Å². The molecule has 0 saturated heterocycles. The Bertz CT molecular complexity index is 1350. The molecule has 4 aromatic rings. The van der Waals surface area contributed by atoms with Crippen molar-refractivity contribution in [2.45, 2.75) is 39.3 Å². The third-order valence-electron chi connectivity index (χ3n) is 5.81. The Morgan fingerprint density at radius 3 is 2.47 bits per heavy atom. The van der Waals surface area contributed by atoms with Crippen LogP contribution in [0.15, 0.2) is 59.7 Å².